The van der Waals surface area contributed by atoms with Gasteiger partial charge in [-0.05, 0) is 42.5 Å². The van der Waals surface area contributed by atoms with E-state index in [1.807, 2.05) is 0 Å². The fourth-order valence-electron chi connectivity index (χ4n) is 2.40. The molecule has 3 rings (SSSR count). The largest absolute Gasteiger partial charge is 0.458 e. The molecule has 0 unspecified atom stereocenters. The molecule has 0 fully saturated rings. The summed E-state index contributed by atoms with van der Waals surface area (Å²) in [7, 11) is 0. The van der Waals surface area contributed by atoms with Gasteiger partial charge in [0.15, 0.2) is 0 Å². The highest BCUT2D eigenvalue weighted by Crippen LogP contribution is 2.20. The lowest BCUT2D eigenvalue weighted by molar-refractivity contribution is -0.136. The normalized spacial score (nSPS) is 10.6. The monoisotopic (exact) mass is 458 g/mol. The van der Waals surface area contributed by atoms with Gasteiger partial charge in [-0.1, -0.05) is 41.4 Å². The van der Waals surface area contributed by atoms with Crippen molar-refractivity contribution in [3.8, 4) is 0 Å². The third-order valence-corrected chi connectivity index (χ3v) is 4.42. The summed E-state index contributed by atoms with van der Waals surface area (Å²) in [6.07, 6.45) is 1.29. The van der Waals surface area contributed by atoms with Crippen LogP contribution in [0, 0.1) is 0 Å². The highest BCUT2D eigenvalue weighted by atomic mass is 35.5. The summed E-state index contributed by atoms with van der Waals surface area (Å²) in [6.45, 7) is 0.00161. The smallest absolute Gasteiger partial charge is 0.313 e. The number of benzene rings is 2. The maximum absolute atomic E-state index is 12.1. The van der Waals surface area contributed by atoms with Gasteiger partial charge in [0.2, 0.25) is 0 Å². The van der Waals surface area contributed by atoms with Crippen molar-refractivity contribution in [2.45, 2.75) is 6.54 Å². The molecule has 8 nitrogen and oxygen atoms in total. The number of amides is 3. The number of furan rings is 1. The number of nitrogens with zero attached hydrogens (tertiary/aromatic N) is 1. The topological polar surface area (TPSA) is 113 Å². The van der Waals surface area contributed by atoms with Gasteiger partial charge in [0.25, 0.3) is 5.91 Å². The minimum absolute atomic E-state index is 0.00161. The molecular weight excluding hydrogens is 443 g/mol. The van der Waals surface area contributed by atoms with Crippen LogP contribution in [-0.2, 0) is 16.1 Å². The van der Waals surface area contributed by atoms with E-state index < -0.39 is 17.7 Å². The number of rotatable bonds is 6. The average Bonchev–Trinajstić information content (AvgIpc) is 3.20. The van der Waals surface area contributed by atoms with Crippen molar-refractivity contribution in [2.24, 2.45) is 5.10 Å². The first kappa shape index (κ1) is 22.1. The SMILES string of the molecule is O=C(NCc1ccc(/C=N\NC(=O)c2ccc(Cl)cc2Cl)o1)C(=O)Nc1ccccc1. The van der Waals surface area contributed by atoms with E-state index in [2.05, 4.69) is 21.2 Å². The Bertz CT molecular complexity index is 1130. The minimum atomic E-state index is -0.803. The van der Waals surface area contributed by atoms with Gasteiger partial charge in [-0.25, -0.2) is 5.43 Å². The van der Waals surface area contributed by atoms with Crippen LogP contribution in [0.2, 0.25) is 10.0 Å². The van der Waals surface area contributed by atoms with Crippen molar-refractivity contribution in [2.75, 3.05) is 5.32 Å². The molecule has 31 heavy (non-hydrogen) atoms. The van der Waals surface area contributed by atoms with Crippen molar-refractivity contribution in [1.82, 2.24) is 10.7 Å². The third-order valence-electron chi connectivity index (χ3n) is 3.88. The number of hydrogen-bond acceptors (Lipinski definition) is 5. The Labute approximate surface area is 187 Å². The van der Waals surface area contributed by atoms with E-state index in [1.165, 1.54) is 18.3 Å². The van der Waals surface area contributed by atoms with E-state index in [4.69, 9.17) is 27.6 Å². The molecule has 0 aliphatic rings. The zero-order valence-corrected chi connectivity index (χ0v) is 17.4. The van der Waals surface area contributed by atoms with Crippen LogP contribution in [-0.4, -0.2) is 23.9 Å². The number of halogens is 2. The van der Waals surface area contributed by atoms with Gasteiger partial charge in [-0.15, -0.1) is 0 Å². The van der Waals surface area contributed by atoms with E-state index in [0.29, 0.717) is 22.2 Å². The number of hydrogen-bond donors (Lipinski definition) is 3. The average molecular weight is 459 g/mol. The Morgan fingerprint density at radius 2 is 1.74 bits per heavy atom. The third kappa shape index (κ3) is 6.43. The maximum Gasteiger partial charge on any atom is 0.313 e. The zero-order valence-electron chi connectivity index (χ0n) is 15.9. The molecule has 3 amide bonds. The lowest BCUT2D eigenvalue weighted by atomic mass is 10.2. The predicted molar refractivity (Wildman–Crippen MR) is 117 cm³/mol. The zero-order chi connectivity index (χ0) is 22.2. The second-order valence-corrected chi connectivity index (χ2v) is 6.97. The van der Waals surface area contributed by atoms with Crippen molar-refractivity contribution in [3.05, 3.63) is 87.8 Å². The summed E-state index contributed by atoms with van der Waals surface area (Å²) in [5.74, 6) is -1.37. The fourth-order valence-corrected chi connectivity index (χ4v) is 2.90. The summed E-state index contributed by atoms with van der Waals surface area (Å²) >= 11 is 11.8. The number of nitrogens with one attached hydrogen (secondary N) is 3. The first-order valence-electron chi connectivity index (χ1n) is 8.94. The number of carbonyl (C=O) groups excluding carboxylic acids is 3. The van der Waals surface area contributed by atoms with Crippen LogP contribution in [0.3, 0.4) is 0 Å². The molecule has 0 aliphatic carbocycles. The fraction of sp³-hybridized carbons (Fsp3) is 0.0476. The Kier molecular flexibility index (Phi) is 7.42. The van der Waals surface area contributed by atoms with Gasteiger partial charge in [0.1, 0.15) is 11.5 Å². The minimum Gasteiger partial charge on any atom is -0.458 e. The molecule has 0 saturated carbocycles. The molecule has 0 aliphatic heterocycles. The van der Waals surface area contributed by atoms with Crippen LogP contribution >= 0.6 is 23.2 Å². The van der Waals surface area contributed by atoms with Gasteiger partial charge < -0.3 is 15.1 Å². The van der Waals surface area contributed by atoms with Crippen molar-refractivity contribution in [3.63, 3.8) is 0 Å². The Morgan fingerprint density at radius 1 is 0.968 bits per heavy atom. The Hall–Kier alpha value is -3.62. The van der Waals surface area contributed by atoms with Crippen LogP contribution in [0.15, 0.2) is 70.2 Å². The number of para-hydroxylation sites is 1. The van der Waals surface area contributed by atoms with Crippen LogP contribution in [0.25, 0.3) is 0 Å². The van der Waals surface area contributed by atoms with Gasteiger partial charge >= 0.3 is 11.8 Å². The summed E-state index contributed by atoms with van der Waals surface area (Å²) in [4.78, 5) is 35.8. The highest BCUT2D eigenvalue weighted by Gasteiger charge is 2.14. The van der Waals surface area contributed by atoms with Crippen molar-refractivity contribution < 1.29 is 18.8 Å². The molecule has 0 bridgehead atoms. The molecule has 2 aromatic carbocycles. The number of hydrazone groups is 1. The maximum atomic E-state index is 12.1. The van der Waals surface area contributed by atoms with Crippen LogP contribution in [0.4, 0.5) is 5.69 Å². The van der Waals surface area contributed by atoms with E-state index in [1.54, 1.807) is 48.5 Å². The van der Waals surface area contributed by atoms with E-state index in [0.717, 1.165) is 0 Å². The lowest BCUT2D eigenvalue weighted by Gasteiger charge is -2.05. The predicted octanol–water partition coefficient (Wildman–Crippen LogP) is 3.61. The molecule has 158 valence electrons. The molecule has 3 N–H and O–H groups in total. The standard InChI is InChI=1S/C21H16Cl2N4O4/c22-13-6-9-17(18(23)10-13)19(28)27-25-12-16-8-7-15(31-16)11-24-20(29)21(30)26-14-4-2-1-3-5-14/h1-10,12H,11H2,(H,24,29)(H,26,30)(H,27,28)/b25-12-. The Balaban J connectivity index is 1.48. The number of carbonyl (C=O) groups is 3. The van der Waals surface area contributed by atoms with Crippen LogP contribution in [0.5, 0.6) is 0 Å². The lowest BCUT2D eigenvalue weighted by Crippen LogP contribution is -2.34. The van der Waals surface area contributed by atoms with Crippen molar-refractivity contribution in [1.29, 1.82) is 0 Å². The van der Waals surface area contributed by atoms with E-state index in [9.17, 15) is 14.4 Å². The second-order valence-electron chi connectivity index (χ2n) is 6.13. The highest BCUT2D eigenvalue weighted by molar-refractivity contribution is 6.39. The molecule has 10 heteroatoms. The molecule has 0 radical (unpaired) electrons. The molecule has 1 aromatic heterocycles. The van der Waals surface area contributed by atoms with Crippen LogP contribution < -0.4 is 16.1 Å². The molecule has 0 atom stereocenters. The Morgan fingerprint density at radius 3 is 2.48 bits per heavy atom. The molecule has 3 aromatic rings. The summed E-state index contributed by atoms with van der Waals surface area (Å²) < 4.78 is 5.47. The second kappa shape index (κ2) is 10.4. The van der Waals surface area contributed by atoms with Gasteiger partial charge in [0, 0.05) is 10.7 Å². The molecule has 1 heterocycles. The first-order chi connectivity index (χ1) is 14.9. The van der Waals surface area contributed by atoms with E-state index in [-0.39, 0.29) is 17.1 Å². The quantitative estimate of drug-likeness (QED) is 0.297. The first-order valence-corrected chi connectivity index (χ1v) is 9.69. The van der Waals surface area contributed by atoms with Crippen molar-refractivity contribution >= 4 is 52.8 Å². The summed E-state index contributed by atoms with van der Waals surface area (Å²) in [5, 5.41) is 9.36. The van der Waals surface area contributed by atoms with Gasteiger partial charge in [0.05, 0.1) is 23.3 Å². The molecule has 0 spiro atoms. The number of anilines is 1. The summed E-state index contributed by atoms with van der Waals surface area (Å²) in [5.41, 5.74) is 3.06. The molecular formula is C21H16Cl2N4O4. The van der Waals surface area contributed by atoms with Gasteiger partial charge in [-0.2, -0.15) is 5.10 Å². The van der Waals surface area contributed by atoms with Gasteiger partial charge in [-0.3, -0.25) is 14.4 Å². The van der Waals surface area contributed by atoms with Crippen LogP contribution in [0.1, 0.15) is 21.9 Å². The summed E-state index contributed by atoms with van der Waals surface area (Å²) in [6, 6.07) is 16.3. The molecule has 0 saturated heterocycles. The van der Waals surface area contributed by atoms with E-state index >= 15 is 0 Å².